The van der Waals surface area contributed by atoms with E-state index in [2.05, 4.69) is 0 Å². The highest BCUT2D eigenvalue weighted by Gasteiger charge is 2.02. The lowest BCUT2D eigenvalue weighted by atomic mass is 10.1. The Labute approximate surface area is 67.6 Å². The summed E-state index contributed by atoms with van der Waals surface area (Å²) in [5.41, 5.74) is 7.34. The van der Waals surface area contributed by atoms with E-state index in [1.54, 1.807) is 0 Å². The van der Waals surface area contributed by atoms with Crippen molar-refractivity contribution in [3.63, 3.8) is 0 Å². The van der Waals surface area contributed by atoms with Crippen LogP contribution in [0, 0.1) is 0 Å². The minimum absolute atomic E-state index is 0.0654. The number of benzene rings is 1. The van der Waals surface area contributed by atoms with Crippen molar-refractivity contribution in [2.45, 2.75) is 12.6 Å². The third-order valence-electron chi connectivity index (χ3n) is 1.58. The molecule has 0 saturated heterocycles. The molecular formula is C8H10NOP. The van der Waals surface area contributed by atoms with Gasteiger partial charge in [0.1, 0.15) is 0 Å². The van der Waals surface area contributed by atoms with E-state index in [-0.39, 0.29) is 14.1 Å². The van der Waals surface area contributed by atoms with Crippen LogP contribution in [0.15, 0.2) is 24.3 Å². The van der Waals surface area contributed by atoms with Crippen molar-refractivity contribution < 1.29 is 4.57 Å². The number of anilines is 1. The Morgan fingerprint density at radius 1 is 1.36 bits per heavy atom. The summed E-state index contributed by atoms with van der Waals surface area (Å²) < 4.78 is 10.5. The number of nitrogen functional groups attached to an aromatic ring is 1. The van der Waals surface area contributed by atoms with Gasteiger partial charge in [-0.15, -0.1) is 0 Å². The van der Waals surface area contributed by atoms with E-state index in [1.807, 2.05) is 31.2 Å². The van der Waals surface area contributed by atoms with Crippen LogP contribution in [-0.4, -0.2) is 0 Å². The van der Waals surface area contributed by atoms with Crippen LogP contribution in [0.1, 0.15) is 18.1 Å². The van der Waals surface area contributed by atoms with Gasteiger partial charge in [-0.1, -0.05) is 12.1 Å². The fourth-order valence-electron chi connectivity index (χ4n) is 0.835. The molecular weight excluding hydrogens is 157 g/mol. The number of nitrogens with two attached hydrogens (primary N) is 1. The van der Waals surface area contributed by atoms with Gasteiger partial charge in [-0.25, -0.2) is 0 Å². The van der Waals surface area contributed by atoms with Crippen LogP contribution in [0.2, 0.25) is 0 Å². The smallest absolute Gasteiger partial charge is 0.163 e. The Balaban J connectivity index is 2.89. The monoisotopic (exact) mass is 167 g/mol. The van der Waals surface area contributed by atoms with Gasteiger partial charge in [0.2, 0.25) is 0 Å². The maximum atomic E-state index is 10.5. The topological polar surface area (TPSA) is 43.1 Å². The normalized spacial score (nSPS) is 13.2. The number of hydrogen-bond donors (Lipinski definition) is 1. The second-order valence-corrected chi connectivity index (χ2v) is 3.43. The average Bonchev–Trinajstić information content (AvgIpc) is 2.05. The van der Waals surface area contributed by atoms with E-state index in [9.17, 15) is 4.57 Å². The Kier molecular flexibility index (Phi) is 2.61. The molecule has 0 aliphatic rings. The van der Waals surface area contributed by atoms with Crippen LogP contribution in [0.4, 0.5) is 5.69 Å². The van der Waals surface area contributed by atoms with Crippen molar-refractivity contribution in [2.24, 2.45) is 0 Å². The molecule has 1 aromatic carbocycles. The van der Waals surface area contributed by atoms with Gasteiger partial charge in [-0.2, -0.15) is 0 Å². The van der Waals surface area contributed by atoms with Crippen LogP contribution in [0.3, 0.4) is 0 Å². The summed E-state index contributed by atoms with van der Waals surface area (Å²) in [7, 11) is 0.154. The zero-order chi connectivity index (χ0) is 8.27. The standard InChI is InChI=1S/C8H10NOP/c1-6(11-10)7-2-4-8(9)5-3-7/h2-6H,9H2,1H3. The lowest BCUT2D eigenvalue weighted by Crippen LogP contribution is -1.86. The molecule has 0 aromatic heterocycles. The van der Waals surface area contributed by atoms with E-state index in [0.29, 0.717) is 0 Å². The molecule has 0 saturated carbocycles. The van der Waals surface area contributed by atoms with Crippen molar-refractivity contribution in [3.8, 4) is 0 Å². The first-order valence-corrected chi connectivity index (χ1v) is 4.30. The molecule has 0 aliphatic carbocycles. The lowest BCUT2D eigenvalue weighted by Gasteiger charge is -2.01. The van der Waals surface area contributed by atoms with Gasteiger partial charge in [0, 0.05) is 5.69 Å². The number of rotatable bonds is 2. The zero-order valence-electron chi connectivity index (χ0n) is 6.32. The third kappa shape index (κ3) is 2.02. The summed E-state index contributed by atoms with van der Waals surface area (Å²) in [6.45, 7) is 1.90. The fraction of sp³-hybridized carbons (Fsp3) is 0.250. The molecule has 0 bridgehead atoms. The summed E-state index contributed by atoms with van der Waals surface area (Å²) in [6, 6.07) is 7.42. The molecule has 1 atom stereocenters. The molecule has 2 nitrogen and oxygen atoms in total. The van der Waals surface area contributed by atoms with E-state index < -0.39 is 0 Å². The maximum absolute atomic E-state index is 10.5. The molecule has 0 radical (unpaired) electrons. The fourth-order valence-corrected chi connectivity index (χ4v) is 1.13. The van der Waals surface area contributed by atoms with Gasteiger partial charge in [-0.3, -0.25) is 4.57 Å². The van der Waals surface area contributed by atoms with Crippen molar-refractivity contribution in [2.75, 3.05) is 5.73 Å². The Morgan fingerprint density at radius 3 is 2.36 bits per heavy atom. The summed E-state index contributed by atoms with van der Waals surface area (Å²) >= 11 is 0. The first-order valence-electron chi connectivity index (χ1n) is 3.42. The molecule has 0 aliphatic heterocycles. The minimum atomic E-state index is 0.0654. The Morgan fingerprint density at radius 2 is 1.91 bits per heavy atom. The van der Waals surface area contributed by atoms with Gasteiger partial charge in [0.05, 0.1) is 5.66 Å². The van der Waals surface area contributed by atoms with Crippen molar-refractivity contribution in [1.82, 2.24) is 0 Å². The quantitative estimate of drug-likeness (QED) is 0.543. The highest BCUT2D eigenvalue weighted by molar-refractivity contribution is 7.24. The molecule has 3 heteroatoms. The molecule has 0 amide bonds. The van der Waals surface area contributed by atoms with Gasteiger partial charge in [0.15, 0.2) is 8.46 Å². The van der Waals surface area contributed by atoms with Crippen LogP contribution >= 0.6 is 8.46 Å². The summed E-state index contributed by atoms with van der Waals surface area (Å²) in [6.07, 6.45) is 0. The molecule has 0 spiro atoms. The third-order valence-corrected chi connectivity index (χ3v) is 2.19. The molecule has 1 unspecified atom stereocenters. The molecule has 11 heavy (non-hydrogen) atoms. The highest BCUT2D eigenvalue weighted by atomic mass is 31.1. The molecule has 1 rings (SSSR count). The van der Waals surface area contributed by atoms with Crippen LogP contribution in [0.5, 0.6) is 0 Å². The molecule has 2 N–H and O–H groups in total. The van der Waals surface area contributed by atoms with Crippen molar-refractivity contribution >= 4 is 14.1 Å². The van der Waals surface area contributed by atoms with Gasteiger partial charge < -0.3 is 5.73 Å². The first kappa shape index (κ1) is 8.22. The predicted octanol–water partition coefficient (Wildman–Crippen LogP) is 2.62. The summed E-state index contributed by atoms with van der Waals surface area (Å²) in [5, 5.41) is 0. The molecule has 0 heterocycles. The molecule has 1 aromatic rings. The van der Waals surface area contributed by atoms with E-state index in [1.165, 1.54) is 0 Å². The van der Waals surface area contributed by atoms with Crippen LogP contribution in [-0.2, 0) is 4.57 Å². The predicted molar refractivity (Wildman–Crippen MR) is 46.9 cm³/mol. The van der Waals surface area contributed by atoms with Crippen molar-refractivity contribution in [1.29, 1.82) is 0 Å². The van der Waals surface area contributed by atoms with Gasteiger partial charge in [0.25, 0.3) is 0 Å². The largest absolute Gasteiger partial charge is 0.399 e. The van der Waals surface area contributed by atoms with E-state index in [0.717, 1.165) is 11.3 Å². The van der Waals surface area contributed by atoms with Crippen molar-refractivity contribution in [3.05, 3.63) is 29.8 Å². The Bertz CT molecular complexity index is 245. The highest BCUT2D eigenvalue weighted by Crippen LogP contribution is 2.25. The lowest BCUT2D eigenvalue weighted by molar-refractivity contribution is 0.593. The van der Waals surface area contributed by atoms with E-state index >= 15 is 0 Å². The molecule has 58 valence electrons. The Hall–Kier alpha value is -0.880. The first-order chi connectivity index (χ1) is 5.24. The molecule has 0 fully saturated rings. The minimum Gasteiger partial charge on any atom is -0.399 e. The van der Waals surface area contributed by atoms with E-state index in [4.69, 9.17) is 5.73 Å². The number of hydrogen-bond acceptors (Lipinski definition) is 2. The van der Waals surface area contributed by atoms with Crippen LogP contribution < -0.4 is 5.73 Å². The maximum Gasteiger partial charge on any atom is 0.163 e. The SMILES string of the molecule is CC(P=O)c1ccc(N)cc1. The van der Waals surface area contributed by atoms with Gasteiger partial charge in [-0.05, 0) is 24.6 Å². The second-order valence-electron chi connectivity index (χ2n) is 2.45. The summed E-state index contributed by atoms with van der Waals surface area (Å²) in [4.78, 5) is 0. The summed E-state index contributed by atoms with van der Waals surface area (Å²) in [5.74, 6) is 0. The van der Waals surface area contributed by atoms with Gasteiger partial charge >= 0.3 is 0 Å². The van der Waals surface area contributed by atoms with Crippen LogP contribution in [0.25, 0.3) is 0 Å². The second kappa shape index (κ2) is 3.49. The average molecular weight is 167 g/mol. The zero-order valence-corrected chi connectivity index (χ0v) is 7.21.